The Kier molecular flexibility index (Phi) is 20.3. The van der Waals surface area contributed by atoms with Gasteiger partial charge in [-0.1, -0.05) is 528 Å². The maximum atomic E-state index is 7.26. The SMILES string of the molecule is c1ccc(-c2ccc(-c3ccc(C4c5c(c6ccccc6c6ccccc56)Oc5c4c4ccccc4c4ccccc54)cc3)c3ccccc23)cc1.c1ccc(-c2cccc3ccc(-c4ccc(C5c6c(c7ccccc7c7ccccc67)Oc6c5c5ccccc5c5ccccc65)cc4)cc23)cc1.c1ccc2cc(-c3ccc(C4c5c(c6ccccc6c6ccccc56)Oc5c4c4ccccc4c4ccccc54)cc3)ccc2c1. The number of fused-ring (bicyclic) bond motifs is 39. The van der Waals surface area contributed by atoms with E-state index in [0.29, 0.717) is 0 Å². The van der Waals surface area contributed by atoms with Gasteiger partial charge in [0, 0.05) is 83.5 Å². The van der Waals surface area contributed by atoms with Crippen LogP contribution in [0.25, 0.3) is 217 Å². The van der Waals surface area contributed by atoms with Crippen molar-refractivity contribution < 1.29 is 14.2 Å². The van der Waals surface area contributed by atoms with Crippen molar-refractivity contribution in [3.05, 3.63) is 590 Å². The van der Waals surface area contributed by atoms with Crippen LogP contribution in [0.3, 0.4) is 0 Å². The van der Waals surface area contributed by atoms with E-state index in [4.69, 9.17) is 14.2 Å². The van der Waals surface area contributed by atoms with Crippen LogP contribution in [0, 0.1) is 0 Å². The van der Waals surface area contributed by atoms with Crippen LogP contribution in [0.1, 0.15) is 67.8 Å². The second-order valence-electron chi connectivity index (χ2n) is 40.2. The van der Waals surface area contributed by atoms with E-state index in [2.05, 4.69) is 540 Å². The summed E-state index contributed by atoms with van der Waals surface area (Å²) in [5.74, 6) is 5.65. The Morgan fingerprint density at radius 2 is 0.307 bits per heavy atom. The van der Waals surface area contributed by atoms with Gasteiger partial charge in [0.2, 0.25) is 0 Å². The van der Waals surface area contributed by atoms with E-state index in [1.165, 1.54) is 235 Å². The van der Waals surface area contributed by atoms with Crippen LogP contribution in [-0.2, 0) is 0 Å². The molecule has 3 aliphatic heterocycles. The van der Waals surface area contributed by atoms with E-state index in [0.717, 1.165) is 66.8 Å². The molecule has 0 saturated heterocycles. The van der Waals surface area contributed by atoms with Gasteiger partial charge in [0.05, 0.1) is 0 Å². The minimum absolute atomic E-state index is 0.0200. The van der Waals surface area contributed by atoms with Crippen LogP contribution in [0.2, 0.25) is 0 Å². The lowest BCUT2D eigenvalue weighted by Crippen LogP contribution is -2.14. The van der Waals surface area contributed by atoms with Crippen molar-refractivity contribution >= 4 is 162 Å². The third-order valence-electron chi connectivity index (χ3n) is 32.3. The van der Waals surface area contributed by atoms with Crippen molar-refractivity contribution in [3.8, 4) is 90.1 Å². The van der Waals surface area contributed by atoms with Crippen LogP contribution in [0.15, 0.2) is 540 Å². The highest BCUT2D eigenvalue weighted by Crippen LogP contribution is 2.63. The van der Waals surface area contributed by atoms with Crippen molar-refractivity contribution in [1.29, 1.82) is 0 Å². The Morgan fingerprint density at radius 3 is 0.600 bits per heavy atom. The number of hydrogen-bond donors (Lipinski definition) is 0. The summed E-state index contributed by atoms with van der Waals surface area (Å²) in [4.78, 5) is 0. The minimum atomic E-state index is -0.0472. The molecule has 3 heterocycles. The highest BCUT2D eigenvalue weighted by atomic mass is 16.5. The van der Waals surface area contributed by atoms with E-state index in [1.807, 2.05) is 0 Å². The van der Waals surface area contributed by atoms with E-state index in [1.54, 1.807) is 0 Å². The molecule has 698 valence electrons. The first-order valence-corrected chi connectivity index (χ1v) is 52.1. The first kappa shape index (κ1) is 86.2. The van der Waals surface area contributed by atoms with Gasteiger partial charge in [-0.2, -0.15) is 0 Å². The lowest BCUT2D eigenvalue weighted by molar-refractivity contribution is 0.467. The fourth-order valence-electron chi connectivity index (χ4n) is 25.6. The highest BCUT2D eigenvalue weighted by Gasteiger charge is 2.40. The zero-order chi connectivity index (χ0) is 98.5. The van der Waals surface area contributed by atoms with Gasteiger partial charge in [-0.15, -0.1) is 0 Å². The molecule has 0 aromatic heterocycles. The summed E-state index contributed by atoms with van der Waals surface area (Å²) in [7, 11) is 0. The molecule has 3 heteroatoms. The molecular weight excluding hydrogens is 1810 g/mol. The summed E-state index contributed by atoms with van der Waals surface area (Å²) in [5, 5.41) is 36.6. The smallest absolute Gasteiger partial charge is 0.140 e. The molecule has 3 aliphatic rings. The molecule has 3 nitrogen and oxygen atoms in total. The van der Waals surface area contributed by atoms with Crippen LogP contribution in [0.4, 0.5) is 0 Å². The molecule has 0 aliphatic carbocycles. The molecule has 0 N–H and O–H groups in total. The Bertz CT molecular complexity index is 10200. The second kappa shape index (κ2) is 35.3. The Labute approximate surface area is 867 Å². The quantitative estimate of drug-likeness (QED) is 0.142. The van der Waals surface area contributed by atoms with Gasteiger partial charge in [0.15, 0.2) is 0 Å². The maximum Gasteiger partial charge on any atom is 0.140 e. The molecule has 0 amide bonds. The van der Waals surface area contributed by atoms with Crippen molar-refractivity contribution in [2.45, 2.75) is 17.8 Å². The predicted molar refractivity (Wildman–Crippen MR) is 631 cm³/mol. The van der Waals surface area contributed by atoms with Gasteiger partial charge < -0.3 is 14.2 Å². The molecule has 0 spiro atoms. The normalized spacial score (nSPS) is 12.7. The molecule has 29 aromatic rings. The van der Waals surface area contributed by atoms with Crippen molar-refractivity contribution in [2.75, 3.05) is 0 Å². The number of ether oxygens (including phenoxy) is 3. The van der Waals surface area contributed by atoms with Crippen LogP contribution < -0.4 is 14.2 Å². The van der Waals surface area contributed by atoms with Gasteiger partial charge >= 0.3 is 0 Å². The van der Waals surface area contributed by atoms with Crippen molar-refractivity contribution in [1.82, 2.24) is 0 Å². The lowest BCUT2D eigenvalue weighted by atomic mass is 9.76. The van der Waals surface area contributed by atoms with Gasteiger partial charge in [0.25, 0.3) is 0 Å². The number of benzene rings is 29. The van der Waals surface area contributed by atoms with Crippen LogP contribution >= 0.6 is 0 Å². The average molecular weight is 1910 g/mol. The summed E-state index contributed by atoms with van der Waals surface area (Å²) < 4.78 is 21.7. The minimum Gasteiger partial charge on any atom is -0.455 e. The van der Waals surface area contributed by atoms with Gasteiger partial charge in [-0.25, -0.2) is 0 Å². The van der Waals surface area contributed by atoms with Crippen molar-refractivity contribution in [2.24, 2.45) is 0 Å². The summed E-state index contributed by atoms with van der Waals surface area (Å²) in [6.07, 6.45) is 0. The molecule has 0 saturated carbocycles. The molecule has 0 unspecified atom stereocenters. The molecule has 0 fully saturated rings. The van der Waals surface area contributed by atoms with Gasteiger partial charge in [-0.05, 0) is 214 Å². The first-order valence-electron chi connectivity index (χ1n) is 52.1. The highest BCUT2D eigenvalue weighted by molar-refractivity contribution is 6.22. The fraction of sp³-hybridized carbons (Fsp3) is 0.0204. The maximum absolute atomic E-state index is 7.26. The molecular formula is C147H92O3. The monoisotopic (exact) mass is 1900 g/mol. The lowest BCUT2D eigenvalue weighted by Gasteiger charge is -2.33. The Morgan fingerprint density at radius 1 is 0.107 bits per heavy atom. The second-order valence-corrected chi connectivity index (χ2v) is 40.2. The molecule has 32 rings (SSSR count). The average Bonchev–Trinajstić information content (AvgIpc) is 0.705. The largest absolute Gasteiger partial charge is 0.455 e. The zero-order valence-electron chi connectivity index (χ0n) is 81.8. The summed E-state index contributed by atoms with van der Waals surface area (Å²) in [6.45, 7) is 0. The first-order chi connectivity index (χ1) is 74.5. The molecule has 150 heavy (non-hydrogen) atoms. The summed E-state index contributed by atoms with van der Waals surface area (Å²) in [5.41, 5.74) is 23.4. The predicted octanol–water partition coefficient (Wildman–Crippen LogP) is 40.6. The summed E-state index contributed by atoms with van der Waals surface area (Å²) in [6, 6.07) is 197. The third kappa shape index (κ3) is 13.8. The van der Waals surface area contributed by atoms with Crippen molar-refractivity contribution in [3.63, 3.8) is 0 Å². The summed E-state index contributed by atoms with van der Waals surface area (Å²) >= 11 is 0. The van der Waals surface area contributed by atoms with Gasteiger partial charge in [-0.3, -0.25) is 0 Å². The van der Waals surface area contributed by atoms with E-state index in [-0.39, 0.29) is 17.8 Å². The number of rotatable bonds is 8. The fourth-order valence-corrected chi connectivity index (χ4v) is 25.6. The van der Waals surface area contributed by atoms with Gasteiger partial charge in [0.1, 0.15) is 34.5 Å². The molecule has 0 radical (unpaired) electrons. The molecule has 0 bridgehead atoms. The topological polar surface area (TPSA) is 27.7 Å². The third-order valence-corrected chi connectivity index (χ3v) is 32.3. The standard InChI is InChI=1S/2C51H32O.C45H28O/c1-2-13-33(14-3-1)37-24-12-15-34-27-30-36(31-46(34)37)32-25-28-35(29-26-32)47-48-42-20-8-4-16-38(42)40-18-6-10-22-44(40)50(48)52-51-45-23-11-7-19-41(45)39-17-5-9-21-43(39)49(47)51;1-2-14-32(15-3-1)35-30-31-36(38-17-5-4-16-37(35)38)33-26-28-34(29-27-33)47-48-43-22-10-6-18-39(43)41-20-8-12-24-45(41)50(48)52-51-46-25-13-9-21-42(46)40-19-7-11-23-44(40)49(47)51;1-2-12-31-27-32(26-23-28(31)11-1)29-21-24-30(25-22-29)41-42-37-17-7-3-13-33(37)35-15-5-9-19-39(35)44(42)46-45-40-20-10-6-16-36(40)34-14-4-8-18-38(34)43(41)45/h2*1-31,47H;1-27,41H. The van der Waals surface area contributed by atoms with Crippen LogP contribution in [-0.4, -0.2) is 0 Å². The number of hydrogen-bond acceptors (Lipinski definition) is 3. The van der Waals surface area contributed by atoms with Crippen LogP contribution in [0.5, 0.6) is 34.5 Å². The zero-order valence-corrected chi connectivity index (χ0v) is 81.8. The van der Waals surface area contributed by atoms with E-state index < -0.39 is 0 Å². The Balaban J connectivity index is 0.000000104. The molecule has 29 aromatic carbocycles. The van der Waals surface area contributed by atoms with E-state index in [9.17, 15) is 0 Å². The van der Waals surface area contributed by atoms with E-state index >= 15 is 0 Å². The molecule has 0 atom stereocenters. The Hall–Kier alpha value is -19.3.